The molecule has 0 spiro atoms. The van der Waals surface area contributed by atoms with Crippen LogP contribution in [-0.2, 0) is 12.7 Å². The van der Waals surface area contributed by atoms with Crippen molar-refractivity contribution in [2.45, 2.75) is 32.1 Å². The molecule has 0 aliphatic rings. The van der Waals surface area contributed by atoms with Crippen LogP contribution in [0.25, 0.3) is 0 Å². The molecular weight excluding hydrogens is 279 g/mol. The second kappa shape index (κ2) is 6.76. The Morgan fingerprint density at radius 2 is 2.14 bits per heavy atom. The lowest BCUT2D eigenvalue weighted by molar-refractivity contribution is -0.137. The molecule has 1 aromatic carbocycles. The summed E-state index contributed by atoms with van der Waals surface area (Å²) in [6.45, 7) is 3.31. The van der Waals surface area contributed by atoms with Crippen LogP contribution < -0.4 is 5.32 Å². The fourth-order valence-corrected chi connectivity index (χ4v) is 2.14. The van der Waals surface area contributed by atoms with E-state index in [1.807, 2.05) is 11.5 Å². The molecule has 1 heterocycles. The normalized spacial score (nSPS) is 13.3. The maximum Gasteiger partial charge on any atom is 0.416 e. The van der Waals surface area contributed by atoms with Crippen molar-refractivity contribution in [1.82, 2.24) is 14.9 Å². The second-order valence-electron chi connectivity index (χ2n) is 4.89. The van der Waals surface area contributed by atoms with Crippen molar-refractivity contribution in [2.24, 2.45) is 0 Å². The Hall–Kier alpha value is -1.82. The monoisotopic (exact) mass is 297 g/mol. The van der Waals surface area contributed by atoms with Crippen LogP contribution in [0.5, 0.6) is 0 Å². The summed E-state index contributed by atoms with van der Waals surface area (Å²) in [5.41, 5.74) is 0.0147. The number of hydrogen-bond donors (Lipinski definition) is 1. The highest BCUT2D eigenvalue weighted by molar-refractivity contribution is 5.28. The van der Waals surface area contributed by atoms with Gasteiger partial charge >= 0.3 is 6.18 Å². The predicted molar refractivity (Wildman–Crippen MR) is 74.7 cm³/mol. The zero-order valence-corrected chi connectivity index (χ0v) is 11.8. The molecule has 0 bridgehead atoms. The minimum Gasteiger partial charge on any atom is -0.336 e. The molecule has 0 saturated carbocycles. The second-order valence-corrected chi connectivity index (χ2v) is 4.89. The third-order valence-corrected chi connectivity index (χ3v) is 3.21. The van der Waals surface area contributed by atoms with Gasteiger partial charge in [0, 0.05) is 18.9 Å². The quantitative estimate of drug-likeness (QED) is 0.882. The van der Waals surface area contributed by atoms with Crippen LogP contribution in [0.3, 0.4) is 0 Å². The van der Waals surface area contributed by atoms with E-state index in [1.165, 1.54) is 12.1 Å². The molecule has 0 radical (unpaired) electrons. The molecule has 0 amide bonds. The topological polar surface area (TPSA) is 29.9 Å². The standard InChI is InChI=1S/C15H18F3N3/c1-2-6-20-14(10-21-8-7-19-11-21)12-4-3-5-13(9-12)15(16,17)18/h3-5,7-9,11,14,20H,2,6,10H2,1H3. The van der Waals surface area contributed by atoms with Gasteiger partial charge in [-0.25, -0.2) is 4.98 Å². The van der Waals surface area contributed by atoms with Crippen molar-refractivity contribution in [3.8, 4) is 0 Å². The summed E-state index contributed by atoms with van der Waals surface area (Å²) in [7, 11) is 0. The average Bonchev–Trinajstić information content (AvgIpc) is 2.95. The molecule has 3 nitrogen and oxygen atoms in total. The molecule has 114 valence electrons. The van der Waals surface area contributed by atoms with Crippen molar-refractivity contribution in [3.05, 3.63) is 54.1 Å². The number of hydrogen-bond acceptors (Lipinski definition) is 2. The first kappa shape index (κ1) is 15.6. The van der Waals surface area contributed by atoms with E-state index in [-0.39, 0.29) is 6.04 Å². The van der Waals surface area contributed by atoms with Gasteiger partial charge in [-0.15, -0.1) is 0 Å². The zero-order chi connectivity index (χ0) is 15.3. The molecule has 0 aliphatic heterocycles. The first-order valence-corrected chi connectivity index (χ1v) is 6.87. The highest BCUT2D eigenvalue weighted by Gasteiger charge is 2.30. The third-order valence-electron chi connectivity index (χ3n) is 3.21. The van der Waals surface area contributed by atoms with Crippen molar-refractivity contribution >= 4 is 0 Å². The molecule has 2 aromatic rings. The number of rotatable bonds is 6. The van der Waals surface area contributed by atoms with Gasteiger partial charge in [-0.05, 0) is 30.7 Å². The van der Waals surface area contributed by atoms with Crippen LogP contribution >= 0.6 is 0 Å². The van der Waals surface area contributed by atoms with E-state index >= 15 is 0 Å². The van der Waals surface area contributed by atoms with Crippen LogP contribution in [0.1, 0.15) is 30.5 Å². The summed E-state index contributed by atoms with van der Waals surface area (Å²) >= 11 is 0. The van der Waals surface area contributed by atoms with E-state index in [0.29, 0.717) is 12.1 Å². The van der Waals surface area contributed by atoms with Gasteiger partial charge in [-0.2, -0.15) is 13.2 Å². The maximum atomic E-state index is 12.8. The lowest BCUT2D eigenvalue weighted by Gasteiger charge is -2.20. The van der Waals surface area contributed by atoms with E-state index < -0.39 is 11.7 Å². The molecule has 1 aromatic heterocycles. The zero-order valence-electron chi connectivity index (χ0n) is 11.8. The molecule has 6 heteroatoms. The van der Waals surface area contributed by atoms with Crippen molar-refractivity contribution in [1.29, 1.82) is 0 Å². The number of aromatic nitrogens is 2. The molecule has 1 atom stereocenters. The Kier molecular flexibility index (Phi) is 5.01. The summed E-state index contributed by atoms with van der Waals surface area (Å²) in [5.74, 6) is 0. The minimum atomic E-state index is -4.32. The highest BCUT2D eigenvalue weighted by Crippen LogP contribution is 2.31. The minimum absolute atomic E-state index is 0.179. The van der Waals surface area contributed by atoms with E-state index in [9.17, 15) is 13.2 Å². The summed E-state index contributed by atoms with van der Waals surface area (Å²) in [6, 6.07) is 5.30. The molecular formula is C15H18F3N3. The van der Waals surface area contributed by atoms with Crippen LogP contribution in [0.2, 0.25) is 0 Å². The smallest absolute Gasteiger partial charge is 0.336 e. The van der Waals surface area contributed by atoms with E-state index in [4.69, 9.17) is 0 Å². The van der Waals surface area contributed by atoms with Gasteiger partial charge in [0.05, 0.1) is 17.9 Å². The van der Waals surface area contributed by atoms with Gasteiger partial charge in [0.1, 0.15) is 0 Å². The van der Waals surface area contributed by atoms with Crippen molar-refractivity contribution in [2.75, 3.05) is 6.54 Å². The van der Waals surface area contributed by atoms with Gasteiger partial charge in [-0.1, -0.05) is 19.1 Å². The molecule has 0 saturated heterocycles. The predicted octanol–water partition coefficient (Wildman–Crippen LogP) is 3.64. The summed E-state index contributed by atoms with van der Waals surface area (Å²) in [4.78, 5) is 3.96. The Balaban J connectivity index is 2.23. The molecule has 1 N–H and O–H groups in total. The lowest BCUT2D eigenvalue weighted by Crippen LogP contribution is -2.26. The first-order chi connectivity index (χ1) is 10.0. The van der Waals surface area contributed by atoms with Gasteiger partial charge in [0.25, 0.3) is 0 Å². The Morgan fingerprint density at radius 1 is 1.33 bits per heavy atom. The third kappa shape index (κ3) is 4.32. The lowest BCUT2D eigenvalue weighted by atomic mass is 10.0. The molecule has 1 unspecified atom stereocenters. The molecule has 21 heavy (non-hydrogen) atoms. The molecule has 2 rings (SSSR count). The van der Waals surface area contributed by atoms with E-state index in [0.717, 1.165) is 19.0 Å². The fraction of sp³-hybridized carbons (Fsp3) is 0.400. The van der Waals surface area contributed by atoms with Gasteiger partial charge in [0.2, 0.25) is 0 Å². The SMILES string of the molecule is CCCNC(Cn1ccnc1)c1cccc(C(F)(F)F)c1. The van der Waals surface area contributed by atoms with Gasteiger partial charge < -0.3 is 9.88 Å². The average molecular weight is 297 g/mol. The van der Waals surface area contributed by atoms with E-state index in [2.05, 4.69) is 10.3 Å². The van der Waals surface area contributed by atoms with Crippen LogP contribution in [0.4, 0.5) is 13.2 Å². The molecule has 0 aliphatic carbocycles. The summed E-state index contributed by atoms with van der Waals surface area (Å²) < 4.78 is 40.3. The Labute approximate surface area is 121 Å². The Bertz CT molecular complexity index is 550. The van der Waals surface area contributed by atoms with Crippen LogP contribution in [-0.4, -0.2) is 16.1 Å². The maximum absolute atomic E-state index is 12.8. The van der Waals surface area contributed by atoms with Crippen molar-refractivity contribution in [3.63, 3.8) is 0 Å². The van der Waals surface area contributed by atoms with Gasteiger partial charge in [0.15, 0.2) is 0 Å². The van der Waals surface area contributed by atoms with Crippen LogP contribution in [0.15, 0.2) is 43.0 Å². The van der Waals surface area contributed by atoms with Crippen molar-refractivity contribution < 1.29 is 13.2 Å². The fourth-order valence-electron chi connectivity index (χ4n) is 2.14. The number of benzene rings is 1. The molecule has 0 fully saturated rings. The number of nitrogens with one attached hydrogen (secondary N) is 1. The largest absolute Gasteiger partial charge is 0.416 e. The summed E-state index contributed by atoms with van der Waals surface area (Å²) in [5, 5.41) is 3.29. The Morgan fingerprint density at radius 3 is 2.76 bits per heavy atom. The highest BCUT2D eigenvalue weighted by atomic mass is 19.4. The van der Waals surface area contributed by atoms with Gasteiger partial charge in [-0.3, -0.25) is 0 Å². The number of imidazole rings is 1. The summed E-state index contributed by atoms with van der Waals surface area (Å²) in [6.07, 6.45) is 1.71. The first-order valence-electron chi connectivity index (χ1n) is 6.87. The van der Waals surface area contributed by atoms with Crippen LogP contribution in [0, 0.1) is 0 Å². The van der Waals surface area contributed by atoms with E-state index in [1.54, 1.807) is 24.8 Å². The number of alkyl halides is 3. The number of nitrogens with zero attached hydrogens (tertiary/aromatic N) is 2. The number of halogens is 3.